The Kier molecular flexibility index (Phi) is 3.20. The molecule has 0 aliphatic rings. The number of benzene rings is 1. The van der Waals surface area contributed by atoms with Gasteiger partial charge in [-0.15, -0.1) is 0 Å². The zero-order valence-electron chi connectivity index (χ0n) is 12.9. The van der Waals surface area contributed by atoms with Crippen molar-refractivity contribution in [3.8, 4) is 11.3 Å². The fraction of sp³-hybridized carbons (Fsp3) is 0.278. The first-order valence-corrected chi connectivity index (χ1v) is 7.14. The molecule has 0 saturated carbocycles. The maximum absolute atomic E-state index is 4.56. The highest BCUT2D eigenvalue weighted by atomic mass is 14.8. The van der Waals surface area contributed by atoms with Gasteiger partial charge in [-0.2, -0.15) is 0 Å². The molecule has 3 aromatic rings. The summed E-state index contributed by atoms with van der Waals surface area (Å²) in [7, 11) is 0. The van der Waals surface area contributed by atoms with Crippen molar-refractivity contribution < 1.29 is 0 Å². The first-order chi connectivity index (χ1) is 9.98. The van der Waals surface area contributed by atoms with Crippen LogP contribution >= 0.6 is 0 Å². The fourth-order valence-electron chi connectivity index (χ4n) is 2.80. The average Bonchev–Trinajstić information content (AvgIpc) is 2.46. The highest BCUT2D eigenvalue weighted by Crippen LogP contribution is 2.33. The van der Waals surface area contributed by atoms with Gasteiger partial charge in [-0.3, -0.25) is 15.0 Å². The van der Waals surface area contributed by atoms with Crippen LogP contribution in [0.2, 0.25) is 0 Å². The lowest BCUT2D eigenvalue weighted by atomic mass is 9.82. The van der Waals surface area contributed by atoms with Crippen molar-refractivity contribution in [1.29, 1.82) is 0 Å². The van der Waals surface area contributed by atoms with Gasteiger partial charge in [-0.25, -0.2) is 0 Å². The average molecular weight is 277 g/mol. The zero-order chi connectivity index (χ0) is 15.0. The predicted molar refractivity (Wildman–Crippen MR) is 86.2 cm³/mol. The van der Waals surface area contributed by atoms with Crippen molar-refractivity contribution in [3.63, 3.8) is 0 Å². The van der Waals surface area contributed by atoms with Gasteiger partial charge in [0.15, 0.2) is 0 Å². The van der Waals surface area contributed by atoms with Crippen LogP contribution in [0.1, 0.15) is 31.9 Å². The van der Waals surface area contributed by atoms with Crippen molar-refractivity contribution in [1.82, 2.24) is 15.0 Å². The van der Waals surface area contributed by atoms with E-state index in [1.165, 1.54) is 11.1 Å². The number of nitrogens with zero attached hydrogens (tertiary/aromatic N) is 3. The van der Waals surface area contributed by atoms with Gasteiger partial charge in [0.2, 0.25) is 0 Å². The molecule has 3 nitrogen and oxygen atoms in total. The van der Waals surface area contributed by atoms with Crippen LogP contribution in [0.3, 0.4) is 0 Å². The number of aromatic nitrogens is 3. The van der Waals surface area contributed by atoms with Crippen LogP contribution in [0.4, 0.5) is 0 Å². The molecule has 106 valence electrons. The molecule has 1 aromatic carbocycles. The Balaban J connectivity index is 2.29. The summed E-state index contributed by atoms with van der Waals surface area (Å²) < 4.78 is 0. The Morgan fingerprint density at radius 1 is 0.857 bits per heavy atom. The molecule has 21 heavy (non-hydrogen) atoms. The molecule has 0 bridgehead atoms. The number of rotatable bonds is 1. The summed E-state index contributed by atoms with van der Waals surface area (Å²) in [6.45, 7) is 8.85. The minimum atomic E-state index is 0.107. The van der Waals surface area contributed by atoms with E-state index in [2.05, 4.69) is 60.8 Å². The highest BCUT2D eigenvalue weighted by molar-refractivity contribution is 5.89. The van der Waals surface area contributed by atoms with E-state index in [-0.39, 0.29) is 5.41 Å². The Morgan fingerprint density at radius 2 is 1.62 bits per heavy atom. The van der Waals surface area contributed by atoms with Crippen LogP contribution in [0.5, 0.6) is 0 Å². The van der Waals surface area contributed by atoms with Crippen LogP contribution in [-0.2, 0) is 5.41 Å². The van der Waals surface area contributed by atoms with E-state index in [1.54, 1.807) is 18.6 Å². The van der Waals surface area contributed by atoms with Gasteiger partial charge in [-0.05, 0) is 29.5 Å². The summed E-state index contributed by atoms with van der Waals surface area (Å²) in [4.78, 5) is 13.4. The quantitative estimate of drug-likeness (QED) is 0.665. The Bertz CT molecular complexity index is 796. The van der Waals surface area contributed by atoms with Crippen molar-refractivity contribution in [3.05, 3.63) is 54.0 Å². The van der Waals surface area contributed by atoms with Crippen molar-refractivity contribution in [2.45, 2.75) is 33.1 Å². The molecule has 0 fully saturated rings. The molecule has 0 spiro atoms. The normalized spacial score (nSPS) is 11.8. The summed E-state index contributed by atoms with van der Waals surface area (Å²) in [5, 5.41) is 0. The molecule has 0 saturated heterocycles. The summed E-state index contributed by atoms with van der Waals surface area (Å²) >= 11 is 0. The first-order valence-electron chi connectivity index (χ1n) is 7.14. The largest absolute Gasteiger partial charge is 0.254 e. The van der Waals surface area contributed by atoms with E-state index in [1.807, 2.05) is 6.07 Å². The van der Waals surface area contributed by atoms with Gasteiger partial charge in [0.05, 0.1) is 11.2 Å². The van der Waals surface area contributed by atoms with Crippen molar-refractivity contribution >= 4 is 11.0 Å². The van der Waals surface area contributed by atoms with E-state index >= 15 is 0 Å². The molecule has 2 aromatic heterocycles. The smallest absolute Gasteiger partial charge is 0.115 e. The SMILES string of the molecule is Cc1c(-c2nccc3nccnc23)cccc1C(C)(C)C. The molecule has 0 aliphatic heterocycles. The Hall–Kier alpha value is -2.29. The van der Waals surface area contributed by atoms with Crippen LogP contribution < -0.4 is 0 Å². The molecule has 2 heterocycles. The van der Waals surface area contributed by atoms with E-state index in [0.29, 0.717) is 0 Å². The van der Waals surface area contributed by atoms with Gasteiger partial charge < -0.3 is 0 Å². The van der Waals surface area contributed by atoms with E-state index in [0.717, 1.165) is 22.3 Å². The molecular formula is C18H19N3. The van der Waals surface area contributed by atoms with Gasteiger partial charge in [-0.1, -0.05) is 39.0 Å². The second-order valence-corrected chi connectivity index (χ2v) is 6.31. The summed E-state index contributed by atoms with van der Waals surface area (Å²) in [5.74, 6) is 0. The molecule has 0 aliphatic carbocycles. The van der Waals surface area contributed by atoms with E-state index in [4.69, 9.17) is 0 Å². The van der Waals surface area contributed by atoms with E-state index < -0.39 is 0 Å². The topological polar surface area (TPSA) is 38.7 Å². The highest BCUT2D eigenvalue weighted by Gasteiger charge is 2.19. The van der Waals surface area contributed by atoms with E-state index in [9.17, 15) is 0 Å². The van der Waals surface area contributed by atoms with Gasteiger partial charge in [0, 0.05) is 24.2 Å². The molecule has 3 rings (SSSR count). The number of hydrogen-bond acceptors (Lipinski definition) is 3. The third kappa shape index (κ3) is 2.40. The van der Waals surface area contributed by atoms with Crippen LogP contribution in [-0.4, -0.2) is 15.0 Å². The maximum Gasteiger partial charge on any atom is 0.115 e. The fourth-order valence-corrected chi connectivity index (χ4v) is 2.80. The lowest BCUT2D eigenvalue weighted by Crippen LogP contribution is -2.13. The molecule has 0 amide bonds. The third-order valence-corrected chi connectivity index (χ3v) is 3.78. The number of hydrogen-bond donors (Lipinski definition) is 0. The minimum absolute atomic E-state index is 0.107. The maximum atomic E-state index is 4.56. The van der Waals surface area contributed by atoms with Gasteiger partial charge in [0.1, 0.15) is 5.52 Å². The molecule has 0 atom stereocenters. The van der Waals surface area contributed by atoms with Gasteiger partial charge >= 0.3 is 0 Å². The first kappa shape index (κ1) is 13.7. The van der Waals surface area contributed by atoms with Gasteiger partial charge in [0.25, 0.3) is 0 Å². The Labute approximate surface area is 125 Å². The molecule has 0 N–H and O–H groups in total. The molecule has 0 radical (unpaired) electrons. The van der Waals surface area contributed by atoms with Crippen LogP contribution in [0.25, 0.3) is 22.3 Å². The Morgan fingerprint density at radius 3 is 2.38 bits per heavy atom. The van der Waals surface area contributed by atoms with Crippen molar-refractivity contribution in [2.75, 3.05) is 0 Å². The third-order valence-electron chi connectivity index (χ3n) is 3.78. The second-order valence-electron chi connectivity index (χ2n) is 6.31. The lowest BCUT2D eigenvalue weighted by molar-refractivity contribution is 0.586. The second kappa shape index (κ2) is 4.92. The lowest BCUT2D eigenvalue weighted by Gasteiger charge is -2.23. The van der Waals surface area contributed by atoms with Crippen LogP contribution in [0, 0.1) is 6.92 Å². The molecule has 3 heteroatoms. The van der Waals surface area contributed by atoms with Crippen LogP contribution in [0.15, 0.2) is 42.9 Å². The monoisotopic (exact) mass is 277 g/mol. The molecule has 0 unspecified atom stereocenters. The minimum Gasteiger partial charge on any atom is -0.254 e. The number of fused-ring (bicyclic) bond motifs is 1. The summed E-state index contributed by atoms with van der Waals surface area (Å²) in [5.41, 5.74) is 6.48. The predicted octanol–water partition coefficient (Wildman–Crippen LogP) is 4.30. The summed E-state index contributed by atoms with van der Waals surface area (Å²) in [6, 6.07) is 8.30. The molecular weight excluding hydrogens is 258 g/mol. The zero-order valence-corrected chi connectivity index (χ0v) is 12.9. The number of pyridine rings is 1. The van der Waals surface area contributed by atoms with Crippen molar-refractivity contribution in [2.24, 2.45) is 0 Å². The summed E-state index contributed by atoms with van der Waals surface area (Å²) in [6.07, 6.45) is 5.23. The standard InChI is InChI=1S/C18H19N3/c1-12-13(6-5-7-14(12)18(2,3)4)16-17-15(8-9-20-16)19-10-11-21-17/h5-11H,1-4H3.